The van der Waals surface area contributed by atoms with Crippen molar-refractivity contribution in [2.45, 2.75) is 25.9 Å². The maximum atomic E-state index is 11.3. The number of hydrogen-bond donors (Lipinski definition) is 2. The van der Waals surface area contributed by atoms with Crippen molar-refractivity contribution >= 4 is 29.0 Å². The fraction of sp³-hybridized carbons (Fsp3) is 0.148. The molecule has 5 rings (SSSR count). The molecule has 2 N–H and O–H groups in total. The number of nitrogens with zero attached hydrogens (tertiary/aromatic N) is 3. The quantitative estimate of drug-likeness (QED) is 0.384. The Balaban J connectivity index is 1.66. The highest BCUT2D eigenvalue weighted by Crippen LogP contribution is 2.42. The highest BCUT2D eigenvalue weighted by Gasteiger charge is 2.42. The SMILES string of the molecule is Cc1cc(C)cc(N2C(=S)N[C@@H](c3ccccn3)[C@@H]2c2cccn2-c2ccc(C(=O)O)cc2)c1. The van der Waals surface area contributed by atoms with Gasteiger partial charge in [-0.15, -0.1) is 0 Å². The zero-order chi connectivity index (χ0) is 23.8. The summed E-state index contributed by atoms with van der Waals surface area (Å²) in [6.45, 7) is 4.17. The molecule has 0 bridgehead atoms. The van der Waals surface area contributed by atoms with Crippen LogP contribution in [0.4, 0.5) is 5.69 Å². The average Bonchev–Trinajstić information content (AvgIpc) is 3.43. The Morgan fingerprint density at radius 1 is 0.971 bits per heavy atom. The summed E-state index contributed by atoms with van der Waals surface area (Å²) in [4.78, 5) is 18.1. The van der Waals surface area contributed by atoms with Gasteiger partial charge in [-0.2, -0.15) is 0 Å². The Bertz CT molecular complexity index is 1340. The normalized spacial score (nSPS) is 17.6. The highest BCUT2D eigenvalue weighted by atomic mass is 32.1. The van der Waals surface area contributed by atoms with Crippen molar-refractivity contribution in [3.05, 3.63) is 113 Å². The van der Waals surface area contributed by atoms with E-state index in [1.165, 1.54) is 0 Å². The molecule has 1 saturated heterocycles. The van der Waals surface area contributed by atoms with Crippen LogP contribution < -0.4 is 10.2 Å². The van der Waals surface area contributed by atoms with Crippen molar-refractivity contribution < 1.29 is 9.90 Å². The molecule has 7 heteroatoms. The predicted molar refractivity (Wildman–Crippen MR) is 137 cm³/mol. The zero-order valence-corrected chi connectivity index (χ0v) is 19.7. The lowest BCUT2D eigenvalue weighted by Gasteiger charge is -2.29. The summed E-state index contributed by atoms with van der Waals surface area (Å²) in [5.74, 6) is -0.944. The monoisotopic (exact) mass is 468 g/mol. The third-order valence-corrected chi connectivity index (χ3v) is 6.37. The Kier molecular flexibility index (Phi) is 5.63. The minimum atomic E-state index is -0.944. The van der Waals surface area contributed by atoms with Gasteiger partial charge >= 0.3 is 5.97 Å². The number of thiocarbonyl (C=S) groups is 1. The number of aromatic nitrogens is 2. The van der Waals surface area contributed by atoms with Crippen LogP contribution in [0.5, 0.6) is 0 Å². The maximum Gasteiger partial charge on any atom is 0.335 e. The Morgan fingerprint density at radius 2 is 1.71 bits per heavy atom. The summed E-state index contributed by atoms with van der Waals surface area (Å²) < 4.78 is 2.08. The molecule has 1 aliphatic heterocycles. The summed E-state index contributed by atoms with van der Waals surface area (Å²) in [5.41, 5.74) is 6.40. The summed E-state index contributed by atoms with van der Waals surface area (Å²) in [6.07, 6.45) is 3.78. The second kappa shape index (κ2) is 8.76. The summed E-state index contributed by atoms with van der Waals surface area (Å²) >= 11 is 5.86. The molecular weight excluding hydrogens is 444 g/mol. The number of carboxylic acids is 1. The third kappa shape index (κ3) is 3.95. The van der Waals surface area contributed by atoms with Gasteiger partial charge in [0.2, 0.25) is 0 Å². The van der Waals surface area contributed by atoms with E-state index < -0.39 is 5.97 Å². The fourth-order valence-electron chi connectivity index (χ4n) is 4.66. The van der Waals surface area contributed by atoms with Crippen molar-refractivity contribution in [1.29, 1.82) is 0 Å². The summed E-state index contributed by atoms with van der Waals surface area (Å²) in [7, 11) is 0. The second-order valence-corrected chi connectivity index (χ2v) is 8.88. The third-order valence-electron chi connectivity index (χ3n) is 6.06. The smallest absolute Gasteiger partial charge is 0.335 e. The summed E-state index contributed by atoms with van der Waals surface area (Å²) in [5, 5.41) is 13.4. The molecule has 6 nitrogen and oxygen atoms in total. The lowest BCUT2D eigenvalue weighted by atomic mass is 10.00. The minimum absolute atomic E-state index is 0.165. The van der Waals surface area contributed by atoms with Gasteiger partial charge < -0.3 is 19.9 Å². The van der Waals surface area contributed by atoms with Gasteiger partial charge in [-0.1, -0.05) is 12.1 Å². The molecule has 3 heterocycles. The molecule has 2 aromatic carbocycles. The van der Waals surface area contributed by atoms with E-state index in [4.69, 9.17) is 12.2 Å². The van der Waals surface area contributed by atoms with Crippen molar-refractivity contribution in [2.75, 3.05) is 4.90 Å². The first kappa shape index (κ1) is 21.9. The van der Waals surface area contributed by atoms with Crippen molar-refractivity contribution in [1.82, 2.24) is 14.9 Å². The molecule has 1 fully saturated rings. The van der Waals surface area contributed by atoms with Gasteiger partial charge in [0, 0.05) is 29.5 Å². The van der Waals surface area contributed by atoms with E-state index in [2.05, 4.69) is 57.9 Å². The van der Waals surface area contributed by atoms with Gasteiger partial charge in [0.05, 0.1) is 17.3 Å². The number of rotatable bonds is 5. The van der Waals surface area contributed by atoms with Gasteiger partial charge in [0.25, 0.3) is 0 Å². The van der Waals surface area contributed by atoms with Crippen LogP contribution in [0.3, 0.4) is 0 Å². The first-order chi connectivity index (χ1) is 16.4. The molecule has 4 aromatic rings. The van der Waals surface area contributed by atoms with E-state index in [1.807, 2.05) is 42.6 Å². The molecule has 2 atom stereocenters. The fourth-order valence-corrected chi connectivity index (χ4v) is 5.00. The number of carboxylic acid groups (broad SMARTS) is 1. The topological polar surface area (TPSA) is 70.4 Å². The van der Waals surface area contributed by atoms with Crippen LogP contribution in [-0.2, 0) is 0 Å². The van der Waals surface area contributed by atoms with Gasteiger partial charge in [-0.3, -0.25) is 4.98 Å². The Hall–Kier alpha value is -3.97. The van der Waals surface area contributed by atoms with E-state index in [0.717, 1.165) is 33.9 Å². The largest absolute Gasteiger partial charge is 0.478 e. The van der Waals surface area contributed by atoms with Crippen LogP contribution in [0, 0.1) is 13.8 Å². The lowest BCUT2D eigenvalue weighted by molar-refractivity contribution is 0.0697. The van der Waals surface area contributed by atoms with Crippen LogP contribution in [-0.4, -0.2) is 25.7 Å². The number of anilines is 1. The predicted octanol–water partition coefficient (Wildman–Crippen LogP) is 5.36. The number of pyridine rings is 1. The number of nitrogens with one attached hydrogen (secondary N) is 1. The molecule has 0 radical (unpaired) electrons. The molecule has 34 heavy (non-hydrogen) atoms. The summed E-state index contributed by atoms with van der Waals surface area (Å²) in [6, 6.07) is 23.0. The van der Waals surface area contributed by atoms with Crippen molar-refractivity contribution in [3.63, 3.8) is 0 Å². The average molecular weight is 469 g/mol. The zero-order valence-electron chi connectivity index (χ0n) is 18.8. The molecular formula is C27H24N4O2S. The van der Waals surface area contributed by atoms with E-state index in [-0.39, 0.29) is 17.6 Å². The standard InChI is InChI=1S/C27H24N4O2S/c1-17-14-18(2)16-21(15-17)31-25(24(29-27(31)34)22-6-3-4-12-28-22)23-7-5-13-30(23)20-10-8-19(9-11-20)26(32)33/h3-16,24-25H,1-2H3,(H,29,34)(H,32,33)/t24-,25-/m0/s1. The number of aryl methyl sites for hydroxylation is 2. The molecule has 170 valence electrons. The van der Waals surface area contributed by atoms with Crippen LogP contribution in [0.15, 0.2) is 85.2 Å². The molecule has 0 saturated carbocycles. The van der Waals surface area contributed by atoms with Crippen LogP contribution in [0.25, 0.3) is 5.69 Å². The van der Waals surface area contributed by atoms with E-state index >= 15 is 0 Å². The molecule has 0 amide bonds. The first-order valence-corrected chi connectivity index (χ1v) is 11.4. The molecule has 0 aliphatic carbocycles. The molecule has 1 aliphatic rings. The minimum Gasteiger partial charge on any atom is -0.478 e. The van der Waals surface area contributed by atoms with Gasteiger partial charge in [-0.05, 0) is 97.9 Å². The van der Waals surface area contributed by atoms with Crippen LogP contribution >= 0.6 is 12.2 Å². The molecule has 2 aromatic heterocycles. The van der Waals surface area contributed by atoms with Gasteiger partial charge in [0.1, 0.15) is 6.04 Å². The molecule has 0 spiro atoms. The van der Waals surface area contributed by atoms with E-state index in [0.29, 0.717) is 5.11 Å². The highest BCUT2D eigenvalue weighted by molar-refractivity contribution is 7.80. The Labute approximate surface area is 203 Å². The number of benzene rings is 2. The van der Waals surface area contributed by atoms with Gasteiger partial charge in [-0.25, -0.2) is 4.79 Å². The number of aromatic carboxylic acids is 1. The van der Waals surface area contributed by atoms with Crippen LogP contribution in [0.1, 0.15) is 45.0 Å². The van der Waals surface area contributed by atoms with E-state index in [1.54, 1.807) is 18.3 Å². The lowest BCUT2D eigenvalue weighted by Crippen LogP contribution is -2.30. The van der Waals surface area contributed by atoms with Crippen LogP contribution in [0.2, 0.25) is 0 Å². The van der Waals surface area contributed by atoms with E-state index in [9.17, 15) is 9.90 Å². The van der Waals surface area contributed by atoms with Gasteiger partial charge in [0.15, 0.2) is 5.11 Å². The Morgan fingerprint density at radius 3 is 2.35 bits per heavy atom. The molecule has 0 unspecified atom stereocenters. The number of carbonyl (C=O) groups is 1. The van der Waals surface area contributed by atoms with Crippen molar-refractivity contribution in [3.8, 4) is 5.69 Å². The van der Waals surface area contributed by atoms with Crippen molar-refractivity contribution in [2.24, 2.45) is 0 Å². The number of hydrogen-bond acceptors (Lipinski definition) is 3. The maximum absolute atomic E-state index is 11.3. The second-order valence-electron chi connectivity index (χ2n) is 8.50. The first-order valence-electron chi connectivity index (χ1n) is 11.0.